The minimum atomic E-state index is 0.164. The van der Waals surface area contributed by atoms with E-state index in [-0.39, 0.29) is 5.54 Å². The summed E-state index contributed by atoms with van der Waals surface area (Å²) in [5.41, 5.74) is 2.96. The molecule has 1 aromatic heterocycles. The van der Waals surface area contributed by atoms with Crippen LogP contribution in [0.4, 0.5) is 0 Å². The molecule has 1 fully saturated rings. The number of thiophene rings is 1. The van der Waals surface area contributed by atoms with Crippen LogP contribution in [0.3, 0.4) is 0 Å². The van der Waals surface area contributed by atoms with Gasteiger partial charge in [-0.2, -0.15) is 0 Å². The van der Waals surface area contributed by atoms with Crippen molar-refractivity contribution in [2.24, 2.45) is 0 Å². The van der Waals surface area contributed by atoms with Gasteiger partial charge in [0.2, 0.25) is 0 Å². The van der Waals surface area contributed by atoms with E-state index < -0.39 is 0 Å². The van der Waals surface area contributed by atoms with Crippen LogP contribution < -0.4 is 10.6 Å². The van der Waals surface area contributed by atoms with E-state index in [1.165, 1.54) is 20.9 Å². The molecule has 0 unspecified atom stereocenters. The SMILES string of the molecule is C=CNCC1(NC)CN(Cc2ccccc2-c2ccc(C(C)C)s2)C1. The highest BCUT2D eigenvalue weighted by atomic mass is 32.1. The third-order valence-corrected chi connectivity index (χ3v) is 6.46. The Morgan fingerprint density at radius 2 is 2.00 bits per heavy atom. The van der Waals surface area contributed by atoms with Gasteiger partial charge in [0.05, 0.1) is 5.54 Å². The predicted molar refractivity (Wildman–Crippen MR) is 109 cm³/mol. The Morgan fingerprint density at radius 1 is 1.24 bits per heavy atom. The van der Waals surface area contributed by atoms with Gasteiger partial charge < -0.3 is 10.6 Å². The maximum atomic E-state index is 3.75. The monoisotopic (exact) mass is 355 g/mol. The minimum absolute atomic E-state index is 0.164. The largest absolute Gasteiger partial charge is 0.389 e. The molecule has 2 heterocycles. The van der Waals surface area contributed by atoms with Gasteiger partial charge in [-0.15, -0.1) is 11.3 Å². The third-order valence-electron chi connectivity index (χ3n) is 5.04. The van der Waals surface area contributed by atoms with E-state index in [0.717, 1.165) is 26.2 Å². The minimum Gasteiger partial charge on any atom is -0.389 e. The van der Waals surface area contributed by atoms with Crippen molar-refractivity contribution in [3.63, 3.8) is 0 Å². The Labute approximate surface area is 155 Å². The molecule has 0 radical (unpaired) electrons. The van der Waals surface area contributed by atoms with Gasteiger partial charge in [-0.05, 0) is 42.4 Å². The topological polar surface area (TPSA) is 27.3 Å². The fourth-order valence-electron chi connectivity index (χ4n) is 3.49. The highest BCUT2D eigenvalue weighted by Gasteiger charge is 2.41. The molecule has 0 aliphatic carbocycles. The van der Waals surface area contributed by atoms with Crippen molar-refractivity contribution in [3.05, 3.63) is 59.6 Å². The molecule has 2 aromatic rings. The first-order valence-electron chi connectivity index (χ1n) is 9.00. The first-order chi connectivity index (χ1) is 12.1. The zero-order valence-electron chi connectivity index (χ0n) is 15.5. The van der Waals surface area contributed by atoms with E-state index in [1.807, 2.05) is 11.3 Å². The lowest BCUT2D eigenvalue weighted by atomic mass is 9.89. The quantitative estimate of drug-likeness (QED) is 0.748. The Kier molecular flexibility index (Phi) is 5.62. The van der Waals surface area contributed by atoms with E-state index in [1.54, 1.807) is 6.20 Å². The maximum Gasteiger partial charge on any atom is 0.0609 e. The average molecular weight is 356 g/mol. The second-order valence-electron chi connectivity index (χ2n) is 7.27. The normalized spacial score (nSPS) is 16.6. The Balaban J connectivity index is 1.71. The molecule has 0 amide bonds. The molecule has 1 aliphatic rings. The van der Waals surface area contributed by atoms with Crippen molar-refractivity contribution in [2.45, 2.75) is 31.8 Å². The standard InChI is InChI=1S/C21H29N3S/c1-5-23-13-21(22-4)14-24(15-21)12-17-8-6-7-9-18(17)20-11-10-19(25-20)16(2)3/h5-11,16,22-23H,1,12-15H2,2-4H3. The molecule has 4 heteroatoms. The Bertz CT molecular complexity index is 713. The summed E-state index contributed by atoms with van der Waals surface area (Å²) in [5.74, 6) is 0.592. The zero-order chi connectivity index (χ0) is 17.9. The van der Waals surface area contributed by atoms with E-state index in [9.17, 15) is 0 Å². The van der Waals surface area contributed by atoms with Crippen molar-refractivity contribution in [1.29, 1.82) is 0 Å². The zero-order valence-corrected chi connectivity index (χ0v) is 16.3. The molecular formula is C21H29N3S. The summed E-state index contributed by atoms with van der Waals surface area (Å²) in [7, 11) is 2.05. The first kappa shape index (κ1) is 18.2. The van der Waals surface area contributed by atoms with E-state index in [2.05, 4.69) is 79.4 Å². The molecule has 0 atom stereocenters. The van der Waals surface area contributed by atoms with Crippen molar-refractivity contribution < 1.29 is 0 Å². The summed E-state index contributed by atoms with van der Waals surface area (Å²) in [4.78, 5) is 5.35. The molecule has 2 N–H and O–H groups in total. The molecule has 3 rings (SSSR count). The number of nitrogens with one attached hydrogen (secondary N) is 2. The molecule has 1 aromatic carbocycles. The smallest absolute Gasteiger partial charge is 0.0609 e. The molecule has 1 saturated heterocycles. The van der Waals surface area contributed by atoms with Crippen LogP contribution in [-0.2, 0) is 6.54 Å². The number of likely N-dealkylation sites (tertiary alicyclic amines) is 1. The number of benzene rings is 1. The molecule has 1 aliphatic heterocycles. The van der Waals surface area contributed by atoms with Crippen molar-refractivity contribution in [2.75, 3.05) is 26.7 Å². The van der Waals surface area contributed by atoms with Crippen LogP contribution in [0.2, 0.25) is 0 Å². The van der Waals surface area contributed by atoms with Gasteiger partial charge in [0.15, 0.2) is 0 Å². The summed E-state index contributed by atoms with van der Waals surface area (Å²) in [5, 5.41) is 6.73. The predicted octanol–water partition coefficient (Wildman–Crippen LogP) is 4.05. The number of hydrogen-bond acceptors (Lipinski definition) is 4. The number of hydrogen-bond donors (Lipinski definition) is 2. The average Bonchev–Trinajstić information content (AvgIpc) is 3.07. The molecule has 0 saturated carbocycles. The van der Waals surface area contributed by atoms with Crippen LogP contribution in [0.1, 0.15) is 30.2 Å². The Morgan fingerprint density at radius 3 is 2.64 bits per heavy atom. The lowest BCUT2D eigenvalue weighted by Gasteiger charge is -2.50. The molecule has 0 bridgehead atoms. The van der Waals surface area contributed by atoms with Crippen LogP contribution in [-0.4, -0.2) is 37.1 Å². The number of likely N-dealkylation sites (N-methyl/N-ethyl adjacent to an activating group) is 1. The van der Waals surface area contributed by atoms with Gasteiger partial charge in [-0.1, -0.05) is 44.7 Å². The Hall–Kier alpha value is -1.62. The van der Waals surface area contributed by atoms with Crippen LogP contribution in [0.5, 0.6) is 0 Å². The fraction of sp³-hybridized carbons (Fsp3) is 0.429. The van der Waals surface area contributed by atoms with Gasteiger partial charge in [0.25, 0.3) is 0 Å². The van der Waals surface area contributed by atoms with Gasteiger partial charge >= 0.3 is 0 Å². The summed E-state index contributed by atoms with van der Waals surface area (Å²) in [6.07, 6.45) is 1.78. The van der Waals surface area contributed by atoms with E-state index >= 15 is 0 Å². The van der Waals surface area contributed by atoms with Crippen molar-refractivity contribution in [1.82, 2.24) is 15.5 Å². The third kappa shape index (κ3) is 3.97. The molecule has 134 valence electrons. The summed E-state index contributed by atoms with van der Waals surface area (Å²) in [6, 6.07) is 13.4. The van der Waals surface area contributed by atoms with E-state index in [0.29, 0.717) is 5.92 Å². The van der Waals surface area contributed by atoms with E-state index in [4.69, 9.17) is 0 Å². The van der Waals surface area contributed by atoms with Gasteiger partial charge in [-0.25, -0.2) is 0 Å². The number of nitrogens with zero attached hydrogens (tertiary/aromatic N) is 1. The maximum absolute atomic E-state index is 3.75. The van der Waals surface area contributed by atoms with Gasteiger partial charge in [0, 0.05) is 35.9 Å². The summed E-state index contributed by atoms with van der Waals surface area (Å²) < 4.78 is 0. The molecule has 0 spiro atoms. The van der Waals surface area contributed by atoms with Crippen LogP contribution >= 0.6 is 11.3 Å². The second-order valence-corrected chi connectivity index (χ2v) is 8.39. The van der Waals surface area contributed by atoms with Crippen molar-refractivity contribution in [3.8, 4) is 10.4 Å². The van der Waals surface area contributed by atoms with Gasteiger partial charge in [-0.3, -0.25) is 4.90 Å². The fourth-order valence-corrected chi connectivity index (χ4v) is 4.57. The van der Waals surface area contributed by atoms with Gasteiger partial charge in [0.1, 0.15) is 0 Å². The summed E-state index contributed by atoms with van der Waals surface area (Å²) >= 11 is 1.92. The number of rotatable bonds is 8. The first-order valence-corrected chi connectivity index (χ1v) is 9.82. The van der Waals surface area contributed by atoms with Crippen LogP contribution in [0.25, 0.3) is 10.4 Å². The summed E-state index contributed by atoms with van der Waals surface area (Å²) in [6.45, 7) is 12.3. The van der Waals surface area contributed by atoms with Crippen LogP contribution in [0, 0.1) is 0 Å². The molecule has 3 nitrogen and oxygen atoms in total. The molecule has 25 heavy (non-hydrogen) atoms. The molecular weight excluding hydrogens is 326 g/mol. The second kappa shape index (κ2) is 7.73. The van der Waals surface area contributed by atoms with Crippen LogP contribution in [0.15, 0.2) is 49.2 Å². The lowest BCUT2D eigenvalue weighted by molar-refractivity contribution is 0.0424. The highest BCUT2D eigenvalue weighted by Crippen LogP contribution is 2.35. The van der Waals surface area contributed by atoms with Crippen molar-refractivity contribution >= 4 is 11.3 Å². The lowest BCUT2D eigenvalue weighted by Crippen LogP contribution is -2.71. The highest BCUT2D eigenvalue weighted by molar-refractivity contribution is 7.15.